The van der Waals surface area contributed by atoms with Crippen LogP contribution in [0.4, 0.5) is 5.69 Å². The molecule has 0 aliphatic rings. The van der Waals surface area contributed by atoms with Gasteiger partial charge in [-0.3, -0.25) is 4.79 Å². The molecule has 0 aliphatic heterocycles. The normalized spacial score (nSPS) is 10.6. The number of hydrogen-bond donors (Lipinski definition) is 1. The second-order valence-corrected chi connectivity index (χ2v) is 7.91. The van der Waals surface area contributed by atoms with Gasteiger partial charge in [0.2, 0.25) is 0 Å². The van der Waals surface area contributed by atoms with Gasteiger partial charge in [0.05, 0.1) is 19.4 Å². The Bertz CT molecular complexity index is 777. The van der Waals surface area contributed by atoms with Crippen LogP contribution in [0.5, 0.6) is 0 Å². The van der Waals surface area contributed by atoms with Gasteiger partial charge >= 0.3 is 0 Å². The number of thiophene rings is 1. The topological polar surface area (TPSA) is 42.0 Å². The molecule has 0 aliphatic carbocycles. The molecule has 6 heteroatoms. The smallest absolute Gasteiger partial charge is 0.265 e. The van der Waals surface area contributed by atoms with Gasteiger partial charge < -0.3 is 5.32 Å². The zero-order valence-electron chi connectivity index (χ0n) is 11.1. The highest BCUT2D eigenvalue weighted by atomic mass is 79.9. The standard InChI is InChI=1S/C15H11BrN2OS2/c1-9-17-12(8-20-9)10-2-4-11(5-3-10)18-15(19)13-6-7-14(16)21-13/h2-8H,1H3,(H,18,19). The van der Waals surface area contributed by atoms with Crippen molar-refractivity contribution in [2.24, 2.45) is 0 Å². The highest BCUT2D eigenvalue weighted by Gasteiger charge is 2.09. The number of carbonyl (C=O) groups is 1. The van der Waals surface area contributed by atoms with Gasteiger partial charge in [0.1, 0.15) is 0 Å². The Morgan fingerprint density at radius 2 is 1.95 bits per heavy atom. The van der Waals surface area contributed by atoms with Crippen LogP contribution in [0.3, 0.4) is 0 Å². The first-order valence-electron chi connectivity index (χ1n) is 6.21. The number of anilines is 1. The molecule has 0 saturated heterocycles. The Morgan fingerprint density at radius 1 is 1.19 bits per heavy atom. The van der Waals surface area contributed by atoms with Gasteiger partial charge in [0, 0.05) is 16.6 Å². The number of hydrogen-bond acceptors (Lipinski definition) is 4. The molecule has 3 rings (SSSR count). The maximum absolute atomic E-state index is 12.1. The Kier molecular flexibility index (Phi) is 4.19. The maximum atomic E-state index is 12.1. The maximum Gasteiger partial charge on any atom is 0.265 e. The number of aromatic nitrogens is 1. The van der Waals surface area contributed by atoms with Crippen LogP contribution < -0.4 is 5.32 Å². The van der Waals surface area contributed by atoms with Gasteiger partial charge in [-0.05, 0) is 47.1 Å². The number of amides is 1. The van der Waals surface area contributed by atoms with Gasteiger partial charge in [0.15, 0.2) is 0 Å². The third-order valence-electron chi connectivity index (χ3n) is 2.85. The van der Waals surface area contributed by atoms with E-state index in [4.69, 9.17) is 0 Å². The summed E-state index contributed by atoms with van der Waals surface area (Å²) < 4.78 is 0.946. The van der Waals surface area contributed by atoms with Crippen molar-refractivity contribution in [3.63, 3.8) is 0 Å². The summed E-state index contributed by atoms with van der Waals surface area (Å²) in [4.78, 5) is 17.2. The zero-order chi connectivity index (χ0) is 14.8. The van der Waals surface area contributed by atoms with E-state index in [-0.39, 0.29) is 5.91 Å². The van der Waals surface area contributed by atoms with Crippen LogP contribution >= 0.6 is 38.6 Å². The predicted octanol–water partition coefficient (Wildman–Crippen LogP) is 5.19. The third kappa shape index (κ3) is 3.40. The van der Waals surface area contributed by atoms with Crippen LogP contribution in [0.25, 0.3) is 11.3 Å². The van der Waals surface area contributed by atoms with Crippen molar-refractivity contribution in [1.29, 1.82) is 0 Å². The fourth-order valence-electron chi connectivity index (χ4n) is 1.85. The second kappa shape index (κ2) is 6.09. The van der Waals surface area contributed by atoms with Crippen molar-refractivity contribution in [2.45, 2.75) is 6.92 Å². The van der Waals surface area contributed by atoms with Crippen LogP contribution in [-0.2, 0) is 0 Å². The monoisotopic (exact) mass is 378 g/mol. The summed E-state index contributed by atoms with van der Waals surface area (Å²) in [5, 5.41) is 5.97. The van der Waals surface area contributed by atoms with Crippen LogP contribution in [0, 0.1) is 6.92 Å². The van der Waals surface area contributed by atoms with Crippen molar-refractivity contribution >= 4 is 50.2 Å². The van der Waals surface area contributed by atoms with Crippen molar-refractivity contribution in [1.82, 2.24) is 4.98 Å². The summed E-state index contributed by atoms with van der Waals surface area (Å²) in [5.41, 5.74) is 2.80. The summed E-state index contributed by atoms with van der Waals surface area (Å²) in [6, 6.07) is 11.4. The number of benzene rings is 1. The lowest BCUT2D eigenvalue weighted by Crippen LogP contribution is -2.09. The number of halogens is 1. The summed E-state index contributed by atoms with van der Waals surface area (Å²) >= 11 is 6.40. The molecule has 1 amide bonds. The molecule has 3 aromatic rings. The number of rotatable bonds is 3. The largest absolute Gasteiger partial charge is 0.321 e. The van der Waals surface area contributed by atoms with E-state index in [1.165, 1.54) is 11.3 Å². The van der Waals surface area contributed by atoms with E-state index < -0.39 is 0 Å². The van der Waals surface area contributed by atoms with Gasteiger partial charge in [-0.25, -0.2) is 4.98 Å². The molecule has 0 unspecified atom stereocenters. The Hall–Kier alpha value is -1.50. The fraction of sp³-hybridized carbons (Fsp3) is 0.0667. The SMILES string of the molecule is Cc1nc(-c2ccc(NC(=O)c3ccc(Br)s3)cc2)cs1. The lowest BCUT2D eigenvalue weighted by atomic mass is 10.1. The van der Waals surface area contributed by atoms with Gasteiger partial charge in [-0.15, -0.1) is 22.7 Å². The first kappa shape index (κ1) is 14.4. The van der Waals surface area contributed by atoms with E-state index in [0.717, 1.165) is 25.7 Å². The molecule has 0 atom stereocenters. The van der Waals surface area contributed by atoms with E-state index in [1.807, 2.05) is 42.6 Å². The van der Waals surface area contributed by atoms with Crippen LogP contribution in [-0.4, -0.2) is 10.9 Å². The molecule has 0 fully saturated rings. The lowest BCUT2D eigenvalue weighted by molar-refractivity contribution is 0.103. The second-order valence-electron chi connectivity index (χ2n) is 4.39. The molecule has 21 heavy (non-hydrogen) atoms. The number of carbonyl (C=O) groups excluding carboxylic acids is 1. The highest BCUT2D eigenvalue weighted by molar-refractivity contribution is 9.11. The Balaban J connectivity index is 1.74. The van der Waals surface area contributed by atoms with Crippen LogP contribution in [0.2, 0.25) is 0 Å². The van der Waals surface area contributed by atoms with E-state index in [2.05, 4.69) is 26.2 Å². The van der Waals surface area contributed by atoms with Crippen LogP contribution in [0.15, 0.2) is 45.6 Å². The molecule has 0 radical (unpaired) electrons. The minimum absolute atomic E-state index is 0.0945. The van der Waals surface area contributed by atoms with Gasteiger partial charge in [-0.1, -0.05) is 12.1 Å². The molecule has 2 heterocycles. The molecule has 3 nitrogen and oxygen atoms in total. The third-order valence-corrected chi connectivity index (χ3v) is 5.25. The fourth-order valence-corrected chi connectivity index (χ4v) is 3.75. The quantitative estimate of drug-likeness (QED) is 0.680. The molecule has 1 N–H and O–H groups in total. The van der Waals surface area contributed by atoms with Crippen LogP contribution in [0.1, 0.15) is 14.7 Å². The minimum Gasteiger partial charge on any atom is -0.321 e. The molecule has 0 spiro atoms. The van der Waals surface area contributed by atoms with E-state index in [9.17, 15) is 4.79 Å². The number of thiazole rings is 1. The average molecular weight is 379 g/mol. The molecule has 2 aromatic heterocycles. The number of nitrogens with zero attached hydrogens (tertiary/aromatic N) is 1. The molecule has 0 bridgehead atoms. The summed E-state index contributed by atoms with van der Waals surface area (Å²) in [6.07, 6.45) is 0. The van der Waals surface area contributed by atoms with E-state index >= 15 is 0 Å². The first-order chi connectivity index (χ1) is 10.1. The van der Waals surface area contributed by atoms with Crippen molar-refractivity contribution in [3.8, 4) is 11.3 Å². The molecular weight excluding hydrogens is 368 g/mol. The number of nitrogens with one attached hydrogen (secondary N) is 1. The summed E-state index contributed by atoms with van der Waals surface area (Å²) in [5.74, 6) is -0.0945. The molecule has 106 valence electrons. The summed E-state index contributed by atoms with van der Waals surface area (Å²) in [6.45, 7) is 1.99. The minimum atomic E-state index is -0.0945. The lowest BCUT2D eigenvalue weighted by Gasteiger charge is -2.04. The predicted molar refractivity (Wildman–Crippen MR) is 92.3 cm³/mol. The van der Waals surface area contributed by atoms with Crippen molar-refractivity contribution < 1.29 is 4.79 Å². The van der Waals surface area contributed by atoms with Gasteiger partial charge in [-0.2, -0.15) is 0 Å². The van der Waals surface area contributed by atoms with E-state index in [0.29, 0.717) is 4.88 Å². The Labute approximate surface area is 138 Å². The van der Waals surface area contributed by atoms with Crippen molar-refractivity contribution in [2.75, 3.05) is 5.32 Å². The molecule has 1 aromatic carbocycles. The van der Waals surface area contributed by atoms with Crippen molar-refractivity contribution in [3.05, 3.63) is 55.4 Å². The first-order valence-corrected chi connectivity index (χ1v) is 8.70. The summed E-state index contributed by atoms with van der Waals surface area (Å²) in [7, 11) is 0. The average Bonchev–Trinajstić information content (AvgIpc) is 3.08. The highest BCUT2D eigenvalue weighted by Crippen LogP contribution is 2.25. The number of aryl methyl sites for hydroxylation is 1. The van der Waals surface area contributed by atoms with Gasteiger partial charge in [0.25, 0.3) is 5.91 Å². The molecule has 0 saturated carbocycles. The molecular formula is C15H11BrN2OS2. The Morgan fingerprint density at radius 3 is 2.52 bits per heavy atom. The van der Waals surface area contributed by atoms with E-state index in [1.54, 1.807) is 17.4 Å². The zero-order valence-corrected chi connectivity index (χ0v) is 14.3.